The van der Waals surface area contributed by atoms with Gasteiger partial charge in [-0.15, -0.1) is 0 Å². The summed E-state index contributed by atoms with van der Waals surface area (Å²) in [6.45, 7) is 15.1. The molecule has 3 rings (SSSR count). The van der Waals surface area contributed by atoms with Crippen LogP contribution in [0.5, 0.6) is 0 Å². The second-order valence-corrected chi connectivity index (χ2v) is 11.0. The fourth-order valence-corrected chi connectivity index (χ4v) is 5.54. The van der Waals surface area contributed by atoms with Crippen LogP contribution in [0, 0.1) is 13.8 Å². The van der Waals surface area contributed by atoms with Crippen LogP contribution in [0.1, 0.15) is 43.9 Å². The zero-order valence-electron chi connectivity index (χ0n) is 19.4. The molecule has 2 heterocycles. The lowest BCUT2D eigenvalue weighted by molar-refractivity contribution is 0.254. The van der Waals surface area contributed by atoms with Gasteiger partial charge in [-0.1, -0.05) is 32.9 Å². The molecule has 0 unspecified atom stereocenters. The van der Waals surface area contributed by atoms with Gasteiger partial charge in [0.2, 0.25) is 16.0 Å². The molecule has 1 aliphatic heterocycles. The molecule has 1 fully saturated rings. The van der Waals surface area contributed by atoms with E-state index in [4.69, 9.17) is 0 Å². The second-order valence-electron chi connectivity index (χ2n) is 9.32. The Balaban J connectivity index is 1.50. The number of aromatic nitrogens is 2. The molecule has 0 bridgehead atoms. The van der Waals surface area contributed by atoms with Crippen molar-refractivity contribution >= 4 is 16.0 Å². The van der Waals surface area contributed by atoms with Crippen LogP contribution in [0.4, 0.5) is 5.95 Å². The molecule has 1 saturated heterocycles. The SMILES string of the molecule is Cc1cc(C(C)(C)C)cc(C)c1S(=O)(=O)NCCCN1CCN(c2ncccn2)CC1. The molecule has 0 radical (unpaired) electrons. The third-order valence-corrected chi connectivity index (χ3v) is 7.51. The van der Waals surface area contributed by atoms with Gasteiger partial charge in [-0.3, -0.25) is 4.90 Å². The summed E-state index contributed by atoms with van der Waals surface area (Å²) in [5.41, 5.74) is 2.75. The number of rotatable bonds is 7. The fraction of sp³-hybridized carbons (Fsp3) is 0.565. The van der Waals surface area contributed by atoms with Gasteiger partial charge in [-0.05, 0) is 55.0 Å². The second kappa shape index (κ2) is 9.63. The van der Waals surface area contributed by atoms with E-state index in [1.54, 1.807) is 12.4 Å². The Morgan fingerprint density at radius 2 is 1.58 bits per heavy atom. The zero-order chi connectivity index (χ0) is 22.6. The monoisotopic (exact) mass is 445 g/mol. The van der Waals surface area contributed by atoms with Gasteiger partial charge in [0.15, 0.2) is 0 Å². The topological polar surface area (TPSA) is 78.4 Å². The van der Waals surface area contributed by atoms with Crippen LogP contribution in [0.15, 0.2) is 35.5 Å². The summed E-state index contributed by atoms with van der Waals surface area (Å²) in [6, 6.07) is 5.82. The summed E-state index contributed by atoms with van der Waals surface area (Å²) in [7, 11) is -3.52. The van der Waals surface area contributed by atoms with Crippen molar-refractivity contribution in [2.45, 2.75) is 51.3 Å². The van der Waals surface area contributed by atoms with Gasteiger partial charge in [0.05, 0.1) is 4.90 Å². The molecule has 0 aliphatic carbocycles. The molecule has 1 aromatic carbocycles. The van der Waals surface area contributed by atoms with Crippen LogP contribution >= 0.6 is 0 Å². The first-order valence-corrected chi connectivity index (χ1v) is 12.4. The molecule has 2 aromatic rings. The van der Waals surface area contributed by atoms with Crippen LogP contribution in [0.3, 0.4) is 0 Å². The van der Waals surface area contributed by atoms with Crippen molar-refractivity contribution in [3.05, 3.63) is 47.3 Å². The fourth-order valence-electron chi connectivity index (χ4n) is 4.01. The molecule has 1 aliphatic rings. The highest BCUT2D eigenvalue weighted by molar-refractivity contribution is 7.89. The van der Waals surface area contributed by atoms with Crippen molar-refractivity contribution < 1.29 is 8.42 Å². The van der Waals surface area contributed by atoms with E-state index in [2.05, 4.69) is 45.3 Å². The van der Waals surface area contributed by atoms with E-state index in [1.165, 1.54) is 0 Å². The van der Waals surface area contributed by atoms with Gasteiger partial charge >= 0.3 is 0 Å². The van der Waals surface area contributed by atoms with Crippen molar-refractivity contribution in [2.75, 3.05) is 44.2 Å². The average Bonchev–Trinajstić information content (AvgIpc) is 2.71. The maximum absolute atomic E-state index is 12.9. The first-order chi connectivity index (χ1) is 14.6. The Bertz CT molecular complexity index is 956. The summed E-state index contributed by atoms with van der Waals surface area (Å²) >= 11 is 0. The number of hydrogen-bond acceptors (Lipinski definition) is 6. The standard InChI is InChI=1S/C23H35N5O2S/c1-18-16-20(23(3,4)5)17-19(2)21(18)31(29,30)26-10-7-11-27-12-14-28(15-13-27)22-24-8-6-9-25-22/h6,8-9,16-17,26H,7,10-15H2,1-5H3. The molecule has 31 heavy (non-hydrogen) atoms. The van der Waals surface area contributed by atoms with E-state index in [0.717, 1.165) is 61.8 Å². The van der Waals surface area contributed by atoms with Gasteiger partial charge in [0.1, 0.15) is 0 Å². The molecule has 1 aromatic heterocycles. The molecule has 170 valence electrons. The van der Waals surface area contributed by atoms with Crippen LogP contribution in [-0.4, -0.2) is 62.6 Å². The number of sulfonamides is 1. The number of nitrogens with one attached hydrogen (secondary N) is 1. The molecule has 1 N–H and O–H groups in total. The number of aryl methyl sites for hydroxylation is 2. The summed E-state index contributed by atoms with van der Waals surface area (Å²) in [6.07, 6.45) is 4.31. The Labute approximate surface area is 186 Å². The Hall–Kier alpha value is -2.03. The maximum atomic E-state index is 12.9. The van der Waals surface area contributed by atoms with E-state index >= 15 is 0 Å². The largest absolute Gasteiger partial charge is 0.338 e. The van der Waals surface area contributed by atoms with E-state index in [9.17, 15) is 8.42 Å². The van der Waals surface area contributed by atoms with Crippen molar-refractivity contribution in [3.63, 3.8) is 0 Å². The summed E-state index contributed by atoms with van der Waals surface area (Å²) in [5.74, 6) is 0.776. The van der Waals surface area contributed by atoms with E-state index in [1.807, 2.05) is 32.0 Å². The minimum Gasteiger partial charge on any atom is -0.338 e. The van der Waals surface area contributed by atoms with Gasteiger partial charge in [0.25, 0.3) is 0 Å². The molecular weight excluding hydrogens is 410 g/mol. The molecule has 0 amide bonds. The highest BCUT2D eigenvalue weighted by atomic mass is 32.2. The van der Waals surface area contributed by atoms with Gasteiger partial charge in [-0.2, -0.15) is 0 Å². The quantitative estimate of drug-likeness (QED) is 0.661. The van der Waals surface area contributed by atoms with Crippen molar-refractivity contribution in [3.8, 4) is 0 Å². The van der Waals surface area contributed by atoms with Crippen LogP contribution < -0.4 is 9.62 Å². The lowest BCUT2D eigenvalue weighted by Crippen LogP contribution is -2.47. The van der Waals surface area contributed by atoms with E-state index in [0.29, 0.717) is 11.4 Å². The molecule has 0 spiro atoms. The van der Waals surface area contributed by atoms with Crippen LogP contribution in [-0.2, 0) is 15.4 Å². The number of anilines is 1. The minimum absolute atomic E-state index is 0.0120. The highest BCUT2D eigenvalue weighted by Gasteiger charge is 2.23. The molecule has 8 heteroatoms. The van der Waals surface area contributed by atoms with Gasteiger partial charge < -0.3 is 4.90 Å². The molecular formula is C23H35N5O2S. The Morgan fingerprint density at radius 1 is 1.00 bits per heavy atom. The smallest absolute Gasteiger partial charge is 0.241 e. The predicted octanol–water partition coefficient (Wildman–Crippen LogP) is 2.88. The number of benzene rings is 1. The van der Waals surface area contributed by atoms with Gasteiger partial charge in [-0.25, -0.2) is 23.1 Å². The Morgan fingerprint density at radius 3 is 2.13 bits per heavy atom. The first-order valence-electron chi connectivity index (χ1n) is 10.9. The van der Waals surface area contributed by atoms with Crippen molar-refractivity contribution in [1.82, 2.24) is 19.6 Å². The number of hydrogen-bond donors (Lipinski definition) is 1. The summed E-state index contributed by atoms with van der Waals surface area (Å²) in [4.78, 5) is 13.6. The normalized spacial score (nSPS) is 16.0. The molecule has 7 nitrogen and oxygen atoms in total. The summed E-state index contributed by atoms with van der Waals surface area (Å²) in [5, 5.41) is 0. The molecule has 0 saturated carbocycles. The number of nitrogens with zero attached hydrogens (tertiary/aromatic N) is 4. The third kappa shape index (κ3) is 6.02. The van der Waals surface area contributed by atoms with Crippen molar-refractivity contribution in [1.29, 1.82) is 0 Å². The first kappa shape index (κ1) is 23.6. The molecule has 0 atom stereocenters. The minimum atomic E-state index is -3.52. The maximum Gasteiger partial charge on any atom is 0.241 e. The van der Waals surface area contributed by atoms with Crippen LogP contribution in [0.25, 0.3) is 0 Å². The highest BCUT2D eigenvalue weighted by Crippen LogP contribution is 2.29. The van der Waals surface area contributed by atoms with Crippen LogP contribution in [0.2, 0.25) is 0 Å². The van der Waals surface area contributed by atoms with E-state index in [-0.39, 0.29) is 5.41 Å². The lowest BCUT2D eigenvalue weighted by Gasteiger charge is -2.34. The predicted molar refractivity (Wildman–Crippen MR) is 125 cm³/mol. The lowest BCUT2D eigenvalue weighted by atomic mass is 9.85. The Kier molecular flexibility index (Phi) is 7.34. The third-order valence-electron chi connectivity index (χ3n) is 5.75. The zero-order valence-corrected chi connectivity index (χ0v) is 20.2. The average molecular weight is 446 g/mol. The number of piperazine rings is 1. The summed E-state index contributed by atoms with van der Waals surface area (Å²) < 4.78 is 28.7. The van der Waals surface area contributed by atoms with E-state index < -0.39 is 10.0 Å². The van der Waals surface area contributed by atoms with Gasteiger partial charge in [0, 0.05) is 45.1 Å². The van der Waals surface area contributed by atoms with Crippen molar-refractivity contribution in [2.24, 2.45) is 0 Å².